The highest BCUT2D eigenvalue weighted by atomic mass is 15.1. The highest BCUT2D eigenvalue weighted by Gasteiger charge is 2.41. The molecule has 0 N–H and O–H groups in total. The fourth-order valence-corrected chi connectivity index (χ4v) is 8.47. The van der Waals surface area contributed by atoms with Crippen LogP contribution in [0.25, 0.3) is 45.5 Å². The second-order valence-electron chi connectivity index (χ2n) is 14.1. The van der Waals surface area contributed by atoms with E-state index in [0.29, 0.717) is 0 Å². The molecule has 0 aliphatic heterocycles. The van der Waals surface area contributed by atoms with E-state index in [1.165, 1.54) is 72.4 Å². The number of benzene rings is 7. The first-order chi connectivity index (χ1) is 25.5. The first-order valence-electron chi connectivity index (χ1n) is 18.6. The Labute approximate surface area is 309 Å². The fourth-order valence-electron chi connectivity index (χ4n) is 8.47. The van der Waals surface area contributed by atoms with Gasteiger partial charge >= 0.3 is 0 Å². The molecular formula is C51H45N. The molecule has 8 rings (SSSR count). The van der Waals surface area contributed by atoms with Gasteiger partial charge in [0.1, 0.15) is 0 Å². The van der Waals surface area contributed by atoms with Gasteiger partial charge in [0.05, 0.1) is 0 Å². The third-order valence-corrected chi connectivity index (χ3v) is 11.2. The van der Waals surface area contributed by atoms with E-state index in [-0.39, 0.29) is 5.41 Å². The molecule has 52 heavy (non-hydrogen) atoms. The lowest BCUT2D eigenvalue weighted by Crippen LogP contribution is -2.23. The van der Waals surface area contributed by atoms with Crippen molar-refractivity contribution in [3.8, 4) is 33.4 Å². The number of nitrogens with zero attached hydrogens (tertiary/aromatic N) is 1. The monoisotopic (exact) mass is 671 g/mol. The van der Waals surface area contributed by atoms with Crippen molar-refractivity contribution in [1.29, 1.82) is 0 Å². The van der Waals surface area contributed by atoms with Crippen LogP contribution in [0.3, 0.4) is 0 Å². The molecule has 0 spiro atoms. The van der Waals surface area contributed by atoms with Gasteiger partial charge in [0.15, 0.2) is 0 Å². The molecule has 0 fully saturated rings. The summed E-state index contributed by atoms with van der Waals surface area (Å²) in [7, 11) is 0. The molecule has 0 aromatic heterocycles. The molecule has 7 aromatic carbocycles. The predicted molar refractivity (Wildman–Crippen MR) is 224 cm³/mol. The van der Waals surface area contributed by atoms with Crippen LogP contribution in [-0.4, -0.2) is 0 Å². The maximum absolute atomic E-state index is 2.46. The lowest BCUT2D eigenvalue weighted by atomic mass is 9.73. The molecule has 254 valence electrons. The number of hydrogen-bond acceptors (Lipinski definition) is 1. The van der Waals surface area contributed by atoms with Gasteiger partial charge < -0.3 is 4.90 Å². The average Bonchev–Trinajstić information content (AvgIpc) is 3.48. The summed E-state index contributed by atoms with van der Waals surface area (Å²) in [5.74, 6) is 0. The standard InChI is InChI=1S/C51H45N/c1-5-51(6-2)47-34-39(25-24-38-26-29-41(30-27-38)50-37(4)23-22-36(3)49(50)40-16-10-7-11-17-40)28-32-45(47)46-33-31-44(35-48(46)51)52(42-18-12-8-13-19-42)43-20-14-9-15-21-43/h7-35H,5-6H2,1-4H3/b25-24+. The molecule has 1 nitrogen and oxygen atoms in total. The fraction of sp³-hybridized carbons (Fsp3) is 0.137. The van der Waals surface area contributed by atoms with Crippen molar-refractivity contribution >= 4 is 29.2 Å². The molecule has 1 aliphatic rings. The van der Waals surface area contributed by atoms with E-state index in [2.05, 4.69) is 209 Å². The summed E-state index contributed by atoms with van der Waals surface area (Å²) in [4.78, 5) is 2.38. The van der Waals surface area contributed by atoms with Gasteiger partial charge in [0.2, 0.25) is 0 Å². The van der Waals surface area contributed by atoms with E-state index in [0.717, 1.165) is 24.2 Å². The maximum atomic E-state index is 2.46. The van der Waals surface area contributed by atoms with E-state index >= 15 is 0 Å². The van der Waals surface area contributed by atoms with Crippen LogP contribution < -0.4 is 4.90 Å². The Kier molecular flexibility index (Phi) is 8.95. The zero-order valence-corrected chi connectivity index (χ0v) is 30.6. The molecular weight excluding hydrogens is 627 g/mol. The van der Waals surface area contributed by atoms with Gasteiger partial charge in [-0.05, 0) is 130 Å². The topological polar surface area (TPSA) is 3.24 Å². The van der Waals surface area contributed by atoms with E-state index in [1.54, 1.807) is 0 Å². The number of para-hydroxylation sites is 2. The number of rotatable bonds is 9. The van der Waals surface area contributed by atoms with Crippen molar-refractivity contribution < 1.29 is 0 Å². The number of aryl methyl sites for hydroxylation is 2. The third-order valence-electron chi connectivity index (χ3n) is 11.2. The van der Waals surface area contributed by atoms with Crippen LogP contribution in [0.4, 0.5) is 17.1 Å². The minimum absolute atomic E-state index is 0.0483. The molecule has 0 saturated carbocycles. The zero-order valence-electron chi connectivity index (χ0n) is 30.6. The van der Waals surface area contributed by atoms with E-state index in [1.807, 2.05) is 0 Å². The van der Waals surface area contributed by atoms with Crippen molar-refractivity contribution in [1.82, 2.24) is 0 Å². The number of fused-ring (bicyclic) bond motifs is 3. The molecule has 1 heteroatoms. The Morgan fingerprint density at radius 1 is 0.442 bits per heavy atom. The van der Waals surface area contributed by atoms with Crippen LogP contribution in [0.15, 0.2) is 164 Å². The molecule has 7 aromatic rings. The Bertz CT molecular complexity index is 2320. The Morgan fingerprint density at radius 2 is 0.904 bits per heavy atom. The summed E-state index contributed by atoms with van der Waals surface area (Å²) in [6.07, 6.45) is 6.62. The summed E-state index contributed by atoms with van der Waals surface area (Å²) in [6.45, 7) is 9.14. The lowest BCUT2D eigenvalue weighted by molar-refractivity contribution is 0.490. The summed E-state index contributed by atoms with van der Waals surface area (Å²) in [5.41, 5.74) is 19.2. The minimum Gasteiger partial charge on any atom is -0.310 e. The average molecular weight is 672 g/mol. The normalized spacial score (nSPS) is 12.8. The molecule has 0 saturated heterocycles. The van der Waals surface area contributed by atoms with E-state index in [4.69, 9.17) is 0 Å². The van der Waals surface area contributed by atoms with Crippen molar-refractivity contribution in [3.05, 3.63) is 197 Å². The van der Waals surface area contributed by atoms with Crippen LogP contribution in [0, 0.1) is 13.8 Å². The van der Waals surface area contributed by atoms with Gasteiger partial charge in [0, 0.05) is 22.5 Å². The van der Waals surface area contributed by atoms with Crippen LogP contribution in [0.2, 0.25) is 0 Å². The summed E-state index contributed by atoms with van der Waals surface area (Å²) >= 11 is 0. The van der Waals surface area contributed by atoms with Gasteiger partial charge in [-0.3, -0.25) is 0 Å². The zero-order chi connectivity index (χ0) is 35.7. The maximum Gasteiger partial charge on any atom is 0.0465 e. The van der Waals surface area contributed by atoms with Crippen LogP contribution in [-0.2, 0) is 5.41 Å². The van der Waals surface area contributed by atoms with E-state index < -0.39 is 0 Å². The molecule has 0 heterocycles. The Balaban J connectivity index is 1.12. The van der Waals surface area contributed by atoms with Crippen molar-refractivity contribution in [3.63, 3.8) is 0 Å². The van der Waals surface area contributed by atoms with Crippen LogP contribution in [0.5, 0.6) is 0 Å². The number of hydrogen-bond donors (Lipinski definition) is 0. The molecule has 0 amide bonds. The first-order valence-corrected chi connectivity index (χ1v) is 18.6. The van der Waals surface area contributed by atoms with Crippen molar-refractivity contribution in [2.45, 2.75) is 46.0 Å². The largest absolute Gasteiger partial charge is 0.310 e. The molecule has 0 radical (unpaired) electrons. The second kappa shape index (κ2) is 14.0. The van der Waals surface area contributed by atoms with Gasteiger partial charge in [-0.1, -0.05) is 153 Å². The molecule has 0 atom stereocenters. The highest BCUT2D eigenvalue weighted by Crippen LogP contribution is 2.54. The summed E-state index contributed by atoms with van der Waals surface area (Å²) < 4.78 is 0. The van der Waals surface area contributed by atoms with Gasteiger partial charge in [-0.25, -0.2) is 0 Å². The molecule has 0 unspecified atom stereocenters. The van der Waals surface area contributed by atoms with Crippen LogP contribution in [0.1, 0.15) is 60.1 Å². The predicted octanol–water partition coefficient (Wildman–Crippen LogP) is 14.4. The minimum atomic E-state index is -0.0483. The smallest absolute Gasteiger partial charge is 0.0465 e. The van der Waals surface area contributed by atoms with Crippen LogP contribution >= 0.6 is 0 Å². The summed E-state index contributed by atoms with van der Waals surface area (Å²) in [6, 6.07) is 59.9. The summed E-state index contributed by atoms with van der Waals surface area (Å²) in [5, 5.41) is 0. The Hall–Kier alpha value is -5.92. The first kappa shape index (κ1) is 33.2. The number of anilines is 3. The quantitative estimate of drug-likeness (QED) is 0.138. The molecule has 1 aliphatic carbocycles. The van der Waals surface area contributed by atoms with Gasteiger partial charge in [0.25, 0.3) is 0 Å². The van der Waals surface area contributed by atoms with Gasteiger partial charge in [-0.15, -0.1) is 0 Å². The van der Waals surface area contributed by atoms with Gasteiger partial charge in [-0.2, -0.15) is 0 Å². The second-order valence-corrected chi connectivity index (χ2v) is 14.1. The van der Waals surface area contributed by atoms with Crippen molar-refractivity contribution in [2.24, 2.45) is 0 Å². The SMILES string of the molecule is CCC1(CC)c2cc(/C=C/c3ccc(-c4c(C)ccc(C)c4-c4ccccc4)cc3)ccc2-c2ccc(N(c3ccccc3)c3ccccc3)cc21. The highest BCUT2D eigenvalue weighted by molar-refractivity contribution is 5.89. The molecule has 0 bridgehead atoms. The Morgan fingerprint density at radius 3 is 1.46 bits per heavy atom. The van der Waals surface area contributed by atoms with Crippen molar-refractivity contribution in [2.75, 3.05) is 4.90 Å². The van der Waals surface area contributed by atoms with E-state index in [9.17, 15) is 0 Å². The lowest BCUT2D eigenvalue weighted by Gasteiger charge is -2.32. The third kappa shape index (κ3) is 5.87.